The molecule has 4 atom stereocenters. The molecule has 2 N–H and O–H groups in total. The minimum atomic E-state index is -0.133. The van der Waals surface area contributed by atoms with Crippen molar-refractivity contribution in [3.63, 3.8) is 0 Å². The Hall–Kier alpha value is -2.10. The van der Waals surface area contributed by atoms with Crippen molar-refractivity contribution in [2.24, 2.45) is 28.7 Å². The van der Waals surface area contributed by atoms with Gasteiger partial charge in [0.25, 0.3) is 0 Å². The topological polar surface area (TPSA) is 83.0 Å². The number of hydrogen-bond acceptors (Lipinski definition) is 4. The zero-order chi connectivity index (χ0) is 21.8. The van der Waals surface area contributed by atoms with Gasteiger partial charge in [-0.2, -0.15) is 0 Å². The molecule has 2 fully saturated rings. The normalized spacial score (nSPS) is 25.7. The molecule has 2 bridgehead atoms. The zero-order valence-electron chi connectivity index (χ0n) is 18.8. The Morgan fingerprint density at radius 1 is 1.12 bits per heavy atom. The van der Waals surface area contributed by atoms with Crippen LogP contribution in [0.1, 0.15) is 32.3 Å². The van der Waals surface area contributed by atoms with Crippen molar-refractivity contribution in [2.45, 2.75) is 33.2 Å². The summed E-state index contributed by atoms with van der Waals surface area (Å²) in [5.41, 5.74) is 1.06. The third-order valence-corrected chi connectivity index (χ3v) is 6.32. The highest BCUT2D eigenvalue weighted by molar-refractivity contribution is 14.0. The van der Waals surface area contributed by atoms with Gasteiger partial charge in [-0.25, -0.2) is 4.99 Å². The van der Waals surface area contributed by atoms with Gasteiger partial charge in [0, 0.05) is 19.6 Å². The summed E-state index contributed by atoms with van der Waals surface area (Å²) in [7, 11) is 0. The van der Waals surface area contributed by atoms with Crippen molar-refractivity contribution in [3.05, 3.63) is 42.0 Å². The maximum absolute atomic E-state index is 12.8. The van der Waals surface area contributed by atoms with Gasteiger partial charge in [0.15, 0.2) is 5.96 Å². The Balaban J connectivity index is 0.00000289. The summed E-state index contributed by atoms with van der Waals surface area (Å²) in [5, 5.41) is 6.48. The fourth-order valence-electron chi connectivity index (χ4n) is 4.94. The van der Waals surface area contributed by atoms with Crippen LogP contribution in [0.25, 0.3) is 0 Å². The Morgan fingerprint density at radius 3 is 2.50 bits per heavy atom. The van der Waals surface area contributed by atoms with Crippen molar-refractivity contribution in [2.75, 3.05) is 26.2 Å². The number of amides is 2. The molecular weight excluding hydrogens is 519 g/mol. The van der Waals surface area contributed by atoms with Crippen LogP contribution in [-0.2, 0) is 16.1 Å². The molecule has 0 spiro atoms. The van der Waals surface area contributed by atoms with Crippen LogP contribution in [0, 0.1) is 23.7 Å². The number of nitrogens with zero attached hydrogens (tertiary/aromatic N) is 2. The third-order valence-electron chi connectivity index (χ3n) is 6.32. The molecule has 1 saturated heterocycles. The maximum Gasteiger partial charge on any atom is 0.233 e. The number of rotatable bonds is 9. The molecule has 1 aromatic carbocycles. The van der Waals surface area contributed by atoms with Crippen molar-refractivity contribution >= 4 is 41.8 Å². The number of ether oxygens (including phenoxy) is 1. The van der Waals surface area contributed by atoms with Gasteiger partial charge in [0.1, 0.15) is 5.75 Å². The number of likely N-dealkylation sites (tertiary alicyclic amines) is 1. The molecule has 2 amide bonds. The molecule has 8 heteroatoms. The van der Waals surface area contributed by atoms with Crippen molar-refractivity contribution in [1.29, 1.82) is 0 Å². The van der Waals surface area contributed by atoms with E-state index < -0.39 is 0 Å². The molecule has 0 radical (unpaired) electrons. The van der Waals surface area contributed by atoms with Gasteiger partial charge in [-0.15, -0.1) is 24.0 Å². The second kappa shape index (κ2) is 11.2. The van der Waals surface area contributed by atoms with Crippen LogP contribution in [0.15, 0.2) is 41.4 Å². The van der Waals surface area contributed by atoms with E-state index >= 15 is 0 Å². The van der Waals surface area contributed by atoms with E-state index in [1.54, 1.807) is 0 Å². The molecule has 32 heavy (non-hydrogen) atoms. The molecule has 0 aromatic heterocycles. The molecule has 7 nitrogen and oxygen atoms in total. The predicted molar refractivity (Wildman–Crippen MR) is 135 cm³/mol. The number of fused-ring (bicyclic) bond motifs is 5. The number of guanidine groups is 1. The van der Waals surface area contributed by atoms with E-state index in [1.807, 2.05) is 31.2 Å². The monoisotopic (exact) mass is 552 g/mol. The molecule has 4 unspecified atom stereocenters. The van der Waals surface area contributed by atoms with E-state index in [-0.39, 0.29) is 59.5 Å². The maximum atomic E-state index is 12.8. The quantitative estimate of drug-likeness (QED) is 0.162. The summed E-state index contributed by atoms with van der Waals surface area (Å²) in [6.07, 6.45) is 6.17. The summed E-state index contributed by atoms with van der Waals surface area (Å²) in [6.45, 7) is 6.88. The second-order valence-electron chi connectivity index (χ2n) is 8.45. The van der Waals surface area contributed by atoms with Crippen molar-refractivity contribution in [1.82, 2.24) is 15.5 Å². The summed E-state index contributed by atoms with van der Waals surface area (Å²) in [6, 6.07) is 7.95. The number of carbonyl (C=O) groups is 2. The molecular formula is C24H33IN4O3. The number of aliphatic imine (C=N–C) groups is 1. The Bertz CT molecular complexity index is 858. The Kier molecular flexibility index (Phi) is 8.56. The number of imide groups is 1. The minimum absolute atomic E-state index is 0. The summed E-state index contributed by atoms with van der Waals surface area (Å²) in [4.78, 5) is 31.7. The number of carbonyl (C=O) groups excluding carboxylic acids is 2. The lowest BCUT2D eigenvalue weighted by atomic mass is 9.85. The van der Waals surface area contributed by atoms with Crippen molar-refractivity contribution < 1.29 is 14.3 Å². The molecule has 1 saturated carbocycles. The fourth-order valence-corrected chi connectivity index (χ4v) is 4.94. The zero-order valence-corrected chi connectivity index (χ0v) is 21.1. The van der Waals surface area contributed by atoms with Gasteiger partial charge < -0.3 is 15.4 Å². The van der Waals surface area contributed by atoms with Gasteiger partial charge >= 0.3 is 0 Å². The highest BCUT2D eigenvalue weighted by Crippen LogP contribution is 2.52. The molecule has 1 aliphatic heterocycles. The summed E-state index contributed by atoms with van der Waals surface area (Å²) >= 11 is 0. The van der Waals surface area contributed by atoms with Gasteiger partial charge in [0.2, 0.25) is 11.8 Å². The molecule has 2 aliphatic carbocycles. The number of nitrogens with one attached hydrogen (secondary N) is 2. The number of halogens is 1. The summed E-state index contributed by atoms with van der Waals surface area (Å²) < 4.78 is 5.69. The van der Waals surface area contributed by atoms with Gasteiger partial charge in [-0.1, -0.05) is 31.2 Å². The summed E-state index contributed by atoms with van der Waals surface area (Å²) in [5.74, 6) is 1.76. The average molecular weight is 552 g/mol. The van der Waals surface area contributed by atoms with Gasteiger partial charge in [0.05, 0.1) is 25.0 Å². The highest BCUT2D eigenvalue weighted by atomic mass is 127. The van der Waals surface area contributed by atoms with E-state index in [4.69, 9.17) is 4.74 Å². The lowest BCUT2D eigenvalue weighted by Crippen LogP contribution is -2.43. The third kappa shape index (κ3) is 5.10. The SMILES string of the molecule is CCCOc1cccc(CN=C(NCC)NCCN2C(=O)C3C4C=CC(C4)C3C2=O)c1.I. The van der Waals surface area contributed by atoms with Crippen LogP contribution >= 0.6 is 24.0 Å². The largest absolute Gasteiger partial charge is 0.494 e. The molecule has 1 aromatic rings. The predicted octanol–water partition coefficient (Wildman–Crippen LogP) is 2.96. The van der Waals surface area contributed by atoms with Gasteiger partial charge in [-0.3, -0.25) is 14.5 Å². The minimum Gasteiger partial charge on any atom is -0.494 e. The van der Waals surface area contributed by atoms with E-state index in [1.165, 1.54) is 4.90 Å². The van der Waals surface area contributed by atoms with Crippen LogP contribution in [0.4, 0.5) is 0 Å². The number of allylic oxidation sites excluding steroid dienone is 2. The van der Waals surface area contributed by atoms with E-state index in [0.717, 1.165) is 30.7 Å². The standard InChI is InChI=1S/C24H32N4O3.HI/c1-3-12-31-19-7-5-6-16(13-19)15-27-24(25-4-2)26-10-11-28-22(29)20-17-8-9-18(14-17)21(20)23(28)30;/h5-9,13,17-18,20-21H,3-4,10-12,14-15H2,1-2H3,(H2,25,26,27);1H. The van der Waals surface area contributed by atoms with E-state index in [2.05, 4.69) is 34.7 Å². The first-order chi connectivity index (χ1) is 15.1. The Morgan fingerprint density at radius 2 is 1.84 bits per heavy atom. The van der Waals surface area contributed by atoms with E-state index in [9.17, 15) is 9.59 Å². The lowest BCUT2D eigenvalue weighted by Gasteiger charge is -2.18. The first-order valence-electron chi connectivity index (χ1n) is 11.4. The average Bonchev–Trinajstić information content (AvgIpc) is 3.46. The molecule has 1 heterocycles. The molecule has 4 rings (SSSR count). The smallest absolute Gasteiger partial charge is 0.233 e. The van der Waals surface area contributed by atoms with Crippen molar-refractivity contribution in [3.8, 4) is 5.75 Å². The lowest BCUT2D eigenvalue weighted by molar-refractivity contribution is -0.140. The van der Waals surface area contributed by atoms with Gasteiger partial charge in [-0.05, 0) is 49.3 Å². The van der Waals surface area contributed by atoms with Crippen LogP contribution in [0.5, 0.6) is 5.75 Å². The van der Waals surface area contributed by atoms with E-state index in [0.29, 0.717) is 32.2 Å². The first-order valence-corrected chi connectivity index (χ1v) is 11.4. The van der Waals surface area contributed by atoms with Crippen LogP contribution < -0.4 is 15.4 Å². The molecule has 174 valence electrons. The number of hydrogen-bond donors (Lipinski definition) is 2. The molecule has 3 aliphatic rings. The van der Waals surface area contributed by atoms with Crippen LogP contribution in [0.2, 0.25) is 0 Å². The fraction of sp³-hybridized carbons (Fsp3) is 0.542. The van der Waals surface area contributed by atoms with Crippen LogP contribution in [0.3, 0.4) is 0 Å². The second-order valence-corrected chi connectivity index (χ2v) is 8.45. The first kappa shape index (κ1) is 24.5. The highest BCUT2D eigenvalue weighted by Gasteiger charge is 2.58. The number of benzene rings is 1. The van der Waals surface area contributed by atoms with Crippen LogP contribution in [-0.4, -0.2) is 48.9 Å². The Labute approximate surface area is 207 Å².